The summed E-state index contributed by atoms with van der Waals surface area (Å²) in [6.07, 6.45) is 1.66. The van der Waals surface area contributed by atoms with Gasteiger partial charge in [-0.2, -0.15) is 0 Å². The molecular weight excluding hydrogens is 436 g/mol. The van der Waals surface area contributed by atoms with Crippen molar-refractivity contribution in [2.45, 2.75) is 43.4 Å². The summed E-state index contributed by atoms with van der Waals surface area (Å²) in [5.41, 5.74) is 2.20. The Labute approximate surface area is 189 Å². The van der Waals surface area contributed by atoms with Crippen LogP contribution < -0.4 is 9.62 Å². The van der Waals surface area contributed by atoms with Gasteiger partial charge in [-0.15, -0.1) is 0 Å². The Morgan fingerprint density at radius 2 is 1.97 bits per heavy atom. The lowest BCUT2D eigenvalue weighted by atomic mass is 9.79. The summed E-state index contributed by atoms with van der Waals surface area (Å²) in [7, 11) is -0.559. The summed E-state index contributed by atoms with van der Waals surface area (Å²) in [6.45, 7) is 4.78. The maximum atomic E-state index is 13.4. The number of benzene rings is 2. The first-order valence-electron chi connectivity index (χ1n) is 10.3. The lowest BCUT2D eigenvalue weighted by molar-refractivity contribution is -0.125. The Balaban J connectivity index is 1.93. The molecule has 1 unspecified atom stereocenters. The molecule has 0 aromatic heterocycles. The average Bonchev–Trinajstić information content (AvgIpc) is 3.13. The average molecular weight is 465 g/mol. The number of carbonyl (C=O) groups excluding carboxylic acids is 1. The molecular formula is C23H29ClN2O4S. The van der Waals surface area contributed by atoms with E-state index in [1.165, 1.54) is 6.07 Å². The van der Waals surface area contributed by atoms with Gasteiger partial charge in [-0.05, 0) is 61.1 Å². The molecule has 1 atom stereocenters. The monoisotopic (exact) mass is 464 g/mol. The number of halogens is 1. The molecule has 0 bridgehead atoms. The molecule has 3 rings (SSSR count). The third-order valence-electron chi connectivity index (χ3n) is 6.29. The molecule has 0 aliphatic heterocycles. The molecule has 6 nitrogen and oxygen atoms in total. The number of sulfonamides is 1. The van der Waals surface area contributed by atoms with E-state index in [1.807, 2.05) is 37.1 Å². The van der Waals surface area contributed by atoms with Crippen molar-refractivity contribution in [3.63, 3.8) is 0 Å². The van der Waals surface area contributed by atoms with Crippen LogP contribution in [0, 0.1) is 6.92 Å². The molecule has 1 amide bonds. The molecule has 2 aromatic carbocycles. The second-order valence-electron chi connectivity index (χ2n) is 7.95. The highest BCUT2D eigenvalue weighted by molar-refractivity contribution is 7.90. The van der Waals surface area contributed by atoms with Crippen LogP contribution in [0.1, 0.15) is 36.5 Å². The molecule has 8 heteroatoms. The first-order chi connectivity index (χ1) is 14.7. The number of ether oxygens (including phenoxy) is 1. The minimum Gasteiger partial charge on any atom is -0.383 e. The van der Waals surface area contributed by atoms with Gasteiger partial charge in [0.2, 0.25) is 5.91 Å². The van der Waals surface area contributed by atoms with Crippen LogP contribution in [0.5, 0.6) is 0 Å². The lowest BCUT2D eigenvalue weighted by Gasteiger charge is -2.28. The number of rotatable bonds is 8. The Bertz CT molecular complexity index is 1090. The van der Waals surface area contributed by atoms with Gasteiger partial charge >= 0.3 is 0 Å². The predicted octanol–water partition coefficient (Wildman–Crippen LogP) is 3.83. The third kappa shape index (κ3) is 4.31. The van der Waals surface area contributed by atoms with E-state index < -0.39 is 21.3 Å². The fraction of sp³-hybridized carbons (Fsp3) is 0.435. The number of hydrogen-bond acceptors (Lipinski definition) is 5. The summed E-state index contributed by atoms with van der Waals surface area (Å²) >= 11 is 6.33. The Morgan fingerprint density at radius 1 is 1.26 bits per heavy atom. The Kier molecular flexibility index (Phi) is 6.98. The van der Waals surface area contributed by atoms with Crippen molar-refractivity contribution in [3.05, 3.63) is 58.1 Å². The van der Waals surface area contributed by atoms with Crippen LogP contribution in [0.25, 0.3) is 0 Å². The van der Waals surface area contributed by atoms with E-state index in [-0.39, 0.29) is 4.90 Å². The van der Waals surface area contributed by atoms with Gasteiger partial charge < -0.3 is 9.64 Å². The second kappa shape index (κ2) is 9.18. The number of nitrogens with zero attached hydrogens (tertiary/aromatic N) is 1. The number of methoxy groups -OCH3 is 1. The number of fused-ring (bicyclic) bond motifs is 1. The fourth-order valence-corrected chi connectivity index (χ4v) is 6.01. The van der Waals surface area contributed by atoms with E-state index in [2.05, 4.69) is 4.72 Å². The third-order valence-corrected chi connectivity index (χ3v) is 8.12. The summed E-state index contributed by atoms with van der Waals surface area (Å²) in [5, 5.41) is 0.617. The van der Waals surface area contributed by atoms with Gasteiger partial charge in [0.25, 0.3) is 10.0 Å². The van der Waals surface area contributed by atoms with E-state index in [1.54, 1.807) is 26.2 Å². The van der Waals surface area contributed by atoms with Crippen LogP contribution in [-0.4, -0.2) is 41.6 Å². The van der Waals surface area contributed by atoms with E-state index >= 15 is 0 Å². The van der Waals surface area contributed by atoms with Gasteiger partial charge in [0.1, 0.15) is 0 Å². The summed E-state index contributed by atoms with van der Waals surface area (Å²) < 4.78 is 34.0. The van der Waals surface area contributed by atoms with E-state index in [0.717, 1.165) is 16.8 Å². The van der Waals surface area contributed by atoms with Gasteiger partial charge in [-0.25, -0.2) is 13.1 Å². The molecule has 2 aromatic rings. The molecule has 0 saturated heterocycles. The first kappa shape index (κ1) is 23.6. The normalized spacial score (nSPS) is 18.0. The molecule has 1 N–H and O–H groups in total. The van der Waals surface area contributed by atoms with E-state index in [0.29, 0.717) is 43.0 Å². The van der Waals surface area contributed by atoms with Gasteiger partial charge in [0.05, 0.1) is 16.9 Å². The standard InChI is InChI=1S/C23H29ClN2O4S/c1-5-23(13-12-17-18(23)8-6-9-19(17)24)22(27)25-31(28,29)21-11-7-10-20(16(21)2)26(3)14-15-30-4/h6-11H,5,12-15H2,1-4H3,(H,25,27). The van der Waals surface area contributed by atoms with Crippen molar-refractivity contribution < 1.29 is 17.9 Å². The molecule has 0 radical (unpaired) electrons. The number of nitrogens with one attached hydrogen (secondary N) is 1. The smallest absolute Gasteiger partial charge is 0.264 e. The van der Waals surface area contributed by atoms with E-state index in [4.69, 9.17) is 16.3 Å². The predicted molar refractivity (Wildman–Crippen MR) is 123 cm³/mol. The number of anilines is 1. The number of likely N-dealkylation sites (N-methyl/N-ethyl adjacent to an activating group) is 1. The Morgan fingerprint density at radius 3 is 2.65 bits per heavy atom. The maximum absolute atomic E-state index is 13.4. The van der Waals surface area contributed by atoms with Crippen LogP contribution >= 0.6 is 11.6 Å². The van der Waals surface area contributed by atoms with Crippen molar-refractivity contribution in [3.8, 4) is 0 Å². The summed E-state index contributed by atoms with van der Waals surface area (Å²) in [4.78, 5) is 15.4. The molecule has 0 saturated carbocycles. The van der Waals surface area contributed by atoms with Gasteiger partial charge in [-0.3, -0.25) is 4.79 Å². The summed E-state index contributed by atoms with van der Waals surface area (Å²) in [5.74, 6) is -0.506. The van der Waals surface area contributed by atoms with Crippen LogP contribution in [-0.2, 0) is 31.4 Å². The minimum absolute atomic E-state index is 0.0955. The van der Waals surface area contributed by atoms with Crippen LogP contribution in [0.2, 0.25) is 5.02 Å². The molecule has 1 aliphatic carbocycles. The van der Waals surface area contributed by atoms with Gasteiger partial charge in [-0.1, -0.05) is 36.7 Å². The van der Waals surface area contributed by atoms with Crippen molar-refractivity contribution >= 4 is 33.2 Å². The van der Waals surface area contributed by atoms with Crippen LogP contribution in [0.15, 0.2) is 41.3 Å². The molecule has 31 heavy (non-hydrogen) atoms. The maximum Gasteiger partial charge on any atom is 0.264 e. The molecule has 1 aliphatic rings. The summed E-state index contributed by atoms with van der Waals surface area (Å²) in [6, 6.07) is 10.6. The lowest BCUT2D eigenvalue weighted by Crippen LogP contribution is -2.45. The van der Waals surface area contributed by atoms with Gasteiger partial charge in [0.15, 0.2) is 0 Å². The highest BCUT2D eigenvalue weighted by Gasteiger charge is 2.45. The molecule has 168 valence electrons. The van der Waals surface area contributed by atoms with Crippen molar-refractivity contribution in [2.24, 2.45) is 0 Å². The quantitative estimate of drug-likeness (QED) is 0.642. The zero-order valence-corrected chi connectivity index (χ0v) is 19.9. The van der Waals surface area contributed by atoms with E-state index in [9.17, 15) is 13.2 Å². The van der Waals surface area contributed by atoms with Gasteiger partial charge in [0, 0.05) is 31.4 Å². The highest BCUT2D eigenvalue weighted by Crippen LogP contribution is 2.44. The fourth-order valence-electron chi connectivity index (χ4n) is 4.43. The highest BCUT2D eigenvalue weighted by atomic mass is 35.5. The Hall–Kier alpha value is -2.09. The number of hydrogen-bond donors (Lipinski definition) is 1. The molecule has 0 fully saturated rings. The number of carbonyl (C=O) groups is 1. The zero-order chi connectivity index (χ0) is 22.8. The zero-order valence-electron chi connectivity index (χ0n) is 18.4. The molecule has 0 heterocycles. The minimum atomic E-state index is -4.06. The first-order valence-corrected chi connectivity index (χ1v) is 12.2. The second-order valence-corrected chi connectivity index (χ2v) is 10.0. The van der Waals surface area contributed by atoms with Crippen molar-refractivity contribution in [1.82, 2.24) is 4.72 Å². The van der Waals surface area contributed by atoms with Crippen LogP contribution in [0.4, 0.5) is 5.69 Å². The molecule has 0 spiro atoms. The number of amides is 1. The largest absolute Gasteiger partial charge is 0.383 e. The van der Waals surface area contributed by atoms with Crippen molar-refractivity contribution in [1.29, 1.82) is 0 Å². The van der Waals surface area contributed by atoms with Crippen molar-refractivity contribution in [2.75, 3.05) is 32.2 Å². The SMILES string of the molecule is CCC1(C(=O)NS(=O)(=O)c2cccc(N(C)CCOC)c2C)CCc2c(Cl)cccc21. The van der Waals surface area contributed by atoms with Crippen LogP contribution in [0.3, 0.4) is 0 Å². The topological polar surface area (TPSA) is 75.7 Å².